The van der Waals surface area contributed by atoms with Gasteiger partial charge in [-0.25, -0.2) is 4.79 Å². The zero-order valence-corrected chi connectivity index (χ0v) is 18.2. The number of urea groups is 1. The molecule has 10 heteroatoms. The molecule has 30 heavy (non-hydrogen) atoms. The van der Waals surface area contributed by atoms with E-state index < -0.39 is 6.04 Å². The lowest BCUT2D eigenvalue weighted by Gasteiger charge is -2.35. The molecule has 10 nitrogen and oxygen atoms in total. The average molecular weight is 426 g/mol. The number of carbonyl (C=O) groups is 3. The highest BCUT2D eigenvalue weighted by Crippen LogP contribution is 2.26. The lowest BCUT2D eigenvalue weighted by atomic mass is 10.0. The number of carbonyl (C=O) groups excluding carboxylic acids is 3. The summed E-state index contributed by atoms with van der Waals surface area (Å²) in [5, 5.41) is 8.67. The van der Waals surface area contributed by atoms with Gasteiger partial charge in [-0.05, 0) is 33.1 Å². The number of rotatable bonds is 6. The summed E-state index contributed by atoms with van der Waals surface area (Å²) >= 11 is 0. The Morgan fingerprint density at radius 3 is 2.53 bits per heavy atom. The number of hydrogen-bond acceptors (Lipinski definition) is 6. The van der Waals surface area contributed by atoms with Gasteiger partial charge in [0.05, 0.1) is 6.04 Å². The Bertz CT molecular complexity index is 625. The van der Waals surface area contributed by atoms with Gasteiger partial charge in [0.2, 0.25) is 11.8 Å². The maximum absolute atomic E-state index is 13.3. The van der Waals surface area contributed by atoms with Crippen LogP contribution in [0.5, 0.6) is 0 Å². The van der Waals surface area contributed by atoms with Gasteiger partial charge in [-0.3, -0.25) is 14.5 Å². The van der Waals surface area contributed by atoms with E-state index in [0.29, 0.717) is 38.8 Å². The first-order chi connectivity index (χ1) is 14.4. The Kier molecular flexibility index (Phi) is 7.90. The fraction of sp³-hybridized carbons (Fsp3) is 0.850. The van der Waals surface area contributed by atoms with Crippen LogP contribution in [0, 0.1) is 0 Å². The van der Waals surface area contributed by atoms with Crippen LogP contribution >= 0.6 is 0 Å². The average Bonchev–Trinajstić information content (AvgIpc) is 3.03. The number of nitrogens with zero attached hydrogens (tertiary/aromatic N) is 2. The van der Waals surface area contributed by atoms with Crippen molar-refractivity contribution in [3.8, 4) is 0 Å². The van der Waals surface area contributed by atoms with Crippen LogP contribution < -0.4 is 16.0 Å². The van der Waals surface area contributed by atoms with Crippen LogP contribution in [0.25, 0.3) is 0 Å². The van der Waals surface area contributed by atoms with E-state index in [2.05, 4.69) is 20.9 Å². The largest absolute Gasteiger partial charge is 0.381 e. The molecule has 3 aliphatic heterocycles. The Balaban J connectivity index is 1.72. The summed E-state index contributed by atoms with van der Waals surface area (Å²) in [7, 11) is 1.46. The first-order valence-electron chi connectivity index (χ1n) is 10.8. The SMILES string of the molecule is COCC(=O)N[C@H]1CN(C2CCOCC2)C[C@@H]2C[C@H](NC(=O)NC(C)C)CN2C1=O. The molecule has 3 atom stereocenters. The molecule has 170 valence electrons. The van der Waals surface area contributed by atoms with Crippen molar-refractivity contribution in [2.45, 2.75) is 63.3 Å². The molecule has 0 aliphatic carbocycles. The molecule has 0 radical (unpaired) electrons. The monoisotopic (exact) mass is 425 g/mol. The minimum atomic E-state index is -0.622. The molecule has 3 saturated heterocycles. The van der Waals surface area contributed by atoms with Crippen molar-refractivity contribution in [2.75, 3.05) is 46.6 Å². The summed E-state index contributed by atoms with van der Waals surface area (Å²) in [5.74, 6) is -0.390. The fourth-order valence-corrected chi connectivity index (χ4v) is 4.63. The van der Waals surface area contributed by atoms with Crippen LogP contribution in [0.2, 0.25) is 0 Å². The molecule has 4 amide bonds. The molecular weight excluding hydrogens is 390 g/mol. The maximum Gasteiger partial charge on any atom is 0.315 e. The molecule has 3 aliphatic rings. The van der Waals surface area contributed by atoms with Crippen molar-refractivity contribution in [3.63, 3.8) is 0 Å². The Hall–Kier alpha value is -1.91. The first-order valence-corrected chi connectivity index (χ1v) is 10.8. The van der Waals surface area contributed by atoms with Gasteiger partial charge in [-0.15, -0.1) is 0 Å². The van der Waals surface area contributed by atoms with E-state index in [1.54, 1.807) is 0 Å². The van der Waals surface area contributed by atoms with Crippen LogP contribution in [-0.4, -0.2) is 104 Å². The molecule has 3 N–H and O–H groups in total. The van der Waals surface area contributed by atoms with Gasteiger partial charge < -0.3 is 30.3 Å². The molecule has 0 aromatic carbocycles. The topological polar surface area (TPSA) is 112 Å². The molecule has 0 aromatic heterocycles. The number of nitrogens with one attached hydrogen (secondary N) is 3. The van der Waals surface area contributed by atoms with E-state index in [1.165, 1.54) is 7.11 Å². The molecular formula is C20H35N5O5. The zero-order chi connectivity index (χ0) is 21.7. The van der Waals surface area contributed by atoms with Crippen molar-refractivity contribution in [1.82, 2.24) is 25.8 Å². The Labute approximate surface area is 178 Å². The van der Waals surface area contributed by atoms with Crippen LogP contribution in [0.4, 0.5) is 4.79 Å². The summed E-state index contributed by atoms with van der Waals surface area (Å²) in [6.07, 6.45) is 2.53. The predicted octanol–water partition coefficient (Wildman–Crippen LogP) is -0.711. The molecule has 3 fully saturated rings. The van der Waals surface area contributed by atoms with E-state index in [4.69, 9.17) is 9.47 Å². The Morgan fingerprint density at radius 1 is 1.13 bits per heavy atom. The summed E-state index contributed by atoms with van der Waals surface area (Å²) in [6, 6.07) is -0.570. The summed E-state index contributed by atoms with van der Waals surface area (Å²) in [6.45, 7) is 6.83. The van der Waals surface area contributed by atoms with Crippen LogP contribution in [-0.2, 0) is 19.1 Å². The van der Waals surface area contributed by atoms with Crippen molar-refractivity contribution >= 4 is 17.8 Å². The van der Waals surface area contributed by atoms with Crippen molar-refractivity contribution < 1.29 is 23.9 Å². The number of ether oxygens (including phenoxy) is 2. The smallest absolute Gasteiger partial charge is 0.315 e. The molecule has 0 aromatic rings. The van der Waals surface area contributed by atoms with Gasteiger partial charge in [0.1, 0.15) is 12.6 Å². The predicted molar refractivity (Wildman–Crippen MR) is 110 cm³/mol. The minimum absolute atomic E-state index is 0.00835. The van der Waals surface area contributed by atoms with Gasteiger partial charge in [-0.1, -0.05) is 0 Å². The van der Waals surface area contributed by atoms with E-state index in [0.717, 1.165) is 19.4 Å². The summed E-state index contributed by atoms with van der Waals surface area (Å²) < 4.78 is 10.4. The van der Waals surface area contributed by atoms with Gasteiger partial charge in [0.25, 0.3) is 0 Å². The highest BCUT2D eigenvalue weighted by molar-refractivity contribution is 5.89. The zero-order valence-electron chi connectivity index (χ0n) is 18.2. The minimum Gasteiger partial charge on any atom is -0.381 e. The van der Waals surface area contributed by atoms with E-state index >= 15 is 0 Å². The maximum atomic E-state index is 13.3. The van der Waals surface area contributed by atoms with Crippen molar-refractivity contribution in [1.29, 1.82) is 0 Å². The van der Waals surface area contributed by atoms with Crippen LogP contribution in [0.1, 0.15) is 33.1 Å². The number of amides is 4. The second-order valence-electron chi connectivity index (χ2n) is 8.70. The number of methoxy groups -OCH3 is 1. The second-order valence-corrected chi connectivity index (χ2v) is 8.70. The quantitative estimate of drug-likeness (QED) is 0.518. The van der Waals surface area contributed by atoms with Gasteiger partial charge >= 0.3 is 6.03 Å². The van der Waals surface area contributed by atoms with Gasteiger partial charge in [-0.2, -0.15) is 0 Å². The first kappa shape index (κ1) is 22.8. The second kappa shape index (κ2) is 10.4. The molecule has 0 spiro atoms. The standard InChI is InChI=1S/C20H35N5O5/c1-13(2)21-20(28)22-14-8-16-10-24(15-4-6-30-7-5-15)11-17(19(27)25(16)9-14)23-18(26)12-29-3/h13-17H,4-12H2,1-3H3,(H,23,26)(H2,21,22,28)/t14-,16-,17-/m0/s1. The van der Waals surface area contributed by atoms with Crippen molar-refractivity contribution in [2.24, 2.45) is 0 Å². The van der Waals surface area contributed by atoms with Crippen molar-refractivity contribution in [3.05, 3.63) is 0 Å². The van der Waals surface area contributed by atoms with Crippen LogP contribution in [0.3, 0.4) is 0 Å². The lowest BCUT2D eigenvalue weighted by molar-refractivity contribution is -0.137. The van der Waals surface area contributed by atoms with E-state index in [9.17, 15) is 14.4 Å². The molecule has 0 unspecified atom stereocenters. The third kappa shape index (κ3) is 5.83. The third-order valence-corrected chi connectivity index (χ3v) is 5.93. The Morgan fingerprint density at radius 2 is 1.87 bits per heavy atom. The lowest BCUT2D eigenvalue weighted by Crippen LogP contribution is -2.53. The molecule has 3 rings (SSSR count). The summed E-state index contributed by atoms with van der Waals surface area (Å²) in [5.41, 5.74) is 0. The van der Waals surface area contributed by atoms with E-state index in [1.807, 2.05) is 18.7 Å². The van der Waals surface area contributed by atoms with Gasteiger partial charge in [0, 0.05) is 58.1 Å². The normalized spacial score (nSPS) is 28.2. The third-order valence-electron chi connectivity index (χ3n) is 5.93. The highest BCUT2D eigenvalue weighted by Gasteiger charge is 2.44. The highest BCUT2D eigenvalue weighted by atomic mass is 16.5. The fourth-order valence-electron chi connectivity index (χ4n) is 4.63. The summed E-state index contributed by atoms with van der Waals surface area (Å²) in [4.78, 5) is 41.7. The van der Waals surface area contributed by atoms with E-state index in [-0.39, 0.29) is 42.6 Å². The molecule has 0 saturated carbocycles. The molecule has 3 heterocycles. The van der Waals surface area contributed by atoms with Gasteiger partial charge in [0.15, 0.2) is 0 Å². The van der Waals surface area contributed by atoms with Crippen LogP contribution in [0.15, 0.2) is 0 Å². The number of hydrogen-bond donors (Lipinski definition) is 3. The molecule has 0 bridgehead atoms. The number of fused-ring (bicyclic) bond motifs is 1.